The monoisotopic (exact) mass is 378 g/mol. The lowest BCUT2D eigenvalue weighted by Gasteiger charge is -2.39. The average molecular weight is 378 g/mol. The van der Waals surface area contributed by atoms with Crippen molar-refractivity contribution in [1.29, 1.82) is 0 Å². The summed E-state index contributed by atoms with van der Waals surface area (Å²) < 4.78 is 5.96. The summed E-state index contributed by atoms with van der Waals surface area (Å²) in [6.07, 6.45) is 6.36. The largest absolute Gasteiger partial charge is 0.423 e. The fourth-order valence-electron chi connectivity index (χ4n) is 4.08. The van der Waals surface area contributed by atoms with Crippen molar-refractivity contribution in [3.8, 4) is 0 Å². The zero-order valence-corrected chi connectivity index (χ0v) is 16.5. The smallest absolute Gasteiger partial charge is 0.298 e. The van der Waals surface area contributed by atoms with Crippen molar-refractivity contribution >= 4 is 28.8 Å². The standard InChI is InChI=1S/C21H26N6O/c1-25(2)19-13-20(23-14-22-19)27(15-7-8-15)16-9-11-26(12-10-16)21-24-17-5-3-4-6-18(17)28-21/h3-6,13-16H,7-12H2,1-2H3. The molecule has 1 aliphatic heterocycles. The first-order chi connectivity index (χ1) is 13.7. The summed E-state index contributed by atoms with van der Waals surface area (Å²) in [7, 11) is 4.04. The van der Waals surface area contributed by atoms with E-state index in [1.807, 2.05) is 43.3 Å². The molecule has 2 fully saturated rings. The van der Waals surface area contributed by atoms with Crippen LogP contribution in [0, 0.1) is 0 Å². The number of rotatable bonds is 5. The van der Waals surface area contributed by atoms with Crippen molar-refractivity contribution in [2.24, 2.45) is 0 Å². The second-order valence-corrected chi connectivity index (χ2v) is 7.95. The Bertz CT molecular complexity index is 925. The Kier molecular flexibility index (Phi) is 4.30. The third kappa shape index (κ3) is 3.25. The van der Waals surface area contributed by atoms with Gasteiger partial charge in [-0.3, -0.25) is 0 Å². The molecule has 0 bridgehead atoms. The van der Waals surface area contributed by atoms with Gasteiger partial charge in [0.05, 0.1) is 0 Å². The van der Waals surface area contributed by atoms with E-state index in [-0.39, 0.29) is 0 Å². The molecule has 3 aromatic rings. The Hall–Kier alpha value is -2.83. The van der Waals surface area contributed by atoms with Gasteiger partial charge in [0.15, 0.2) is 5.58 Å². The fourth-order valence-corrected chi connectivity index (χ4v) is 4.08. The maximum atomic E-state index is 5.96. The minimum Gasteiger partial charge on any atom is -0.423 e. The minimum atomic E-state index is 0.498. The SMILES string of the molecule is CN(C)c1cc(N(C2CC2)C2CCN(c3nc4ccccc4o3)CC2)ncn1. The first kappa shape index (κ1) is 17.3. The predicted molar refractivity (Wildman–Crippen MR) is 111 cm³/mol. The maximum Gasteiger partial charge on any atom is 0.298 e. The molecule has 1 aliphatic carbocycles. The molecule has 0 unspecified atom stereocenters. The minimum absolute atomic E-state index is 0.498. The molecule has 2 aliphatic rings. The van der Waals surface area contributed by atoms with Gasteiger partial charge >= 0.3 is 0 Å². The molecule has 2 aromatic heterocycles. The van der Waals surface area contributed by atoms with Gasteiger partial charge in [0, 0.05) is 45.3 Å². The molecule has 7 nitrogen and oxygen atoms in total. The average Bonchev–Trinajstić information content (AvgIpc) is 3.45. The number of aromatic nitrogens is 3. The van der Waals surface area contributed by atoms with Gasteiger partial charge in [0.25, 0.3) is 6.01 Å². The summed E-state index contributed by atoms with van der Waals surface area (Å²) in [5, 5.41) is 0. The second kappa shape index (κ2) is 6.96. The van der Waals surface area contributed by atoms with Gasteiger partial charge in [0.1, 0.15) is 23.5 Å². The molecule has 1 saturated heterocycles. The fraction of sp³-hybridized carbons (Fsp3) is 0.476. The molecular weight excluding hydrogens is 352 g/mol. The first-order valence-corrected chi connectivity index (χ1v) is 10.1. The van der Waals surface area contributed by atoms with Crippen molar-refractivity contribution < 1.29 is 4.42 Å². The van der Waals surface area contributed by atoms with Crippen LogP contribution in [0.4, 0.5) is 17.7 Å². The van der Waals surface area contributed by atoms with Gasteiger partial charge in [-0.15, -0.1) is 0 Å². The summed E-state index contributed by atoms with van der Waals surface area (Å²) in [4.78, 5) is 20.5. The number of oxazole rings is 1. The third-order valence-corrected chi connectivity index (χ3v) is 5.71. The van der Waals surface area contributed by atoms with Crippen LogP contribution in [0.25, 0.3) is 11.1 Å². The van der Waals surface area contributed by atoms with Crippen LogP contribution < -0.4 is 14.7 Å². The molecule has 0 spiro atoms. The van der Waals surface area contributed by atoms with E-state index < -0.39 is 0 Å². The van der Waals surface area contributed by atoms with E-state index in [1.165, 1.54) is 12.8 Å². The molecule has 5 rings (SSSR count). The highest BCUT2D eigenvalue weighted by atomic mass is 16.4. The van der Waals surface area contributed by atoms with Crippen molar-refractivity contribution in [3.63, 3.8) is 0 Å². The van der Waals surface area contributed by atoms with E-state index in [1.54, 1.807) is 6.33 Å². The number of benzene rings is 1. The molecular formula is C21H26N6O. The Morgan fingerprint density at radius 2 is 1.68 bits per heavy atom. The van der Waals surface area contributed by atoms with Gasteiger partial charge in [0.2, 0.25) is 0 Å². The van der Waals surface area contributed by atoms with E-state index in [0.717, 1.165) is 54.7 Å². The zero-order chi connectivity index (χ0) is 19.1. The summed E-state index contributed by atoms with van der Waals surface area (Å²) in [5.74, 6) is 2.01. The van der Waals surface area contributed by atoms with Crippen LogP contribution in [-0.2, 0) is 0 Å². The molecule has 146 valence electrons. The Morgan fingerprint density at radius 1 is 0.964 bits per heavy atom. The molecule has 3 heterocycles. The van der Waals surface area contributed by atoms with E-state index in [2.05, 4.69) is 30.8 Å². The first-order valence-electron chi connectivity index (χ1n) is 10.1. The zero-order valence-electron chi connectivity index (χ0n) is 16.5. The van der Waals surface area contributed by atoms with Crippen LogP contribution in [0.1, 0.15) is 25.7 Å². The molecule has 0 atom stereocenters. The summed E-state index contributed by atoms with van der Waals surface area (Å²) in [6, 6.07) is 11.9. The van der Waals surface area contributed by atoms with Gasteiger partial charge in [-0.1, -0.05) is 12.1 Å². The highest BCUT2D eigenvalue weighted by Gasteiger charge is 2.37. The van der Waals surface area contributed by atoms with Crippen LogP contribution in [0.15, 0.2) is 41.1 Å². The lowest BCUT2D eigenvalue weighted by atomic mass is 10.0. The maximum absolute atomic E-state index is 5.96. The van der Waals surface area contributed by atoms with Crippen molar-refractivity contribution in [2.75, 3.05) is 41.9 Å². The van der Waals surface area contributed by atoms with E-state index in [9.17, 15) is 0 Å². The summed E-state index contributed by atoms with van der Waals surface area (Å²) in [6.45, 7) is 1.90. The molecule has 0 N–H and O–H groups in total. The number of nitrogens with zero attached hydrogens (tertiary/aromatic N) is 6. The van der Waals surface area contributed by atoms with Gasteiger partial charge in [-0.2, -0.15) is 4.98 Å². The lowest BCUT2D eigenvalue weighted by Crippen LogP contribution is -2.46. The van der Waals surface area contributed by atoms with Crippen LogP contribution in [0.5, 0.6) is 0 Å². The molecule has 28 heavy (non-hydrogen) atoms. The van der Waals surface area contributed by atoms with Crippen LogP contribution >= 0.6 is 0 Å². The highest BCUT2D eigenvalue weighted by molar-refractivity contribution is 5.74. The second-order valence-electron chi connectivity index (χ2n) is 7.95. The number of hydrogen-bond acceptors (Lipinski definition) is 7. The Balaban J connectivity index is 1.32. The van der Waals surface area contributed by atoms with Gasteiger partial charge in [-0.05, 0) is 37.8 Å². The van der Waals surface area contributed by atoms with Crippen molar-refractivity contribution in [1.82, 2.24) is 15.0 Å². The number of anilines is 3. The third-order valence-electron chi connectivity index (χ3n) is 5.71. The van der Waals surface area contributed by atoms with Crippen LogP contribution in [-0.4, -0.2) is 54.2 Å². The van der Waals surface area contributed by atoms with Crippen LogP contribution in [0.2, 0.25) is 0 Å². The Labute approximate surface area is 165 Å². The Morgan fingerprint density at radius 3 is 2.39 bits per heavy atom. The topological polar surface area (TPSA) is 61.5 Å². The number of para-hydroxylation sites is 2. The number of piperidine rings is 1. The van der Waals surface area contributed by atoms with E-state index in [4.69, 9.17) is 4.42 Å². The molecule has 0 radical (unpaired) electrons. The lowest BCUT2D eigenvalue weighted by molar-refractivity contribution is 0.437. The van der Waals surface area contributed by atoms with Gasteiger partial charge < -0.3 is 19.1 Å². The molecule has 1 saturated carbocycles. The molecule has 0 amide bonds. The predicted octanol–water partition coefficient (Wildman–Crippen LogP) is 3.32. The molecule has 7 heteroatoms. The summed E-state index contributed by atoms with van der Waals surface area (Å²) >= 11 is 0. The quantitative estimate of drug-likeness (QED) is 0.675. The number of fused-ring (bicyclic) bond motifs is 1. The van der Waals surface area contributed by atoms with E-state index >= 15 is 0 Å². The highest BCUT2D eigenvalue weighted by Crippen LogP contribution is 2.36. The van der Waals surface area contributed by atoms with Crippen LogP contribution in [0.3, 0.4) is 0 Å². The number of hydrogen-bond donors (Lipinski definition) is 0. The van der Waals surface area contributed by atoms with E-state index in [0.29, 0.717) is 12.1 Å². The normalized spacial score (nSPS) is 17.9. The summed E-state index contributed by atoms with van der Waals surface area (Å²) in [5.41, 5.74) is 1.79. The van der Waals surface area contributed by atoms with Crippen molar-refractivity contribution in [3.05, 3.63) is 36.7 Å². The van der Waals surface area contributed by atoms with Gasteiger partial charge in [-0.25, -0.2) is 9.97 Å². The molecule has 1 aromatic carbocycles. The van der Waals surface area contributed by atoms with Crippen molar-refractivity contribution in [2.45, 2.75) is 37.8 Å².